The predicted octanol–water partition coefficient (Wildman–Crippen LogP) is 3.12. The van der Waals surface area contributed by atoms with Gasteiger partial charge in [0.25, 0.3) is 0 Å². The predicted molar refractivity (Wildman–Crippen MR) is 130 cm³/mol. The van der Waals surface area contributed by atoms with Crippen LogP contribution in [-0.2, 0) is 0 Å². The molecular formula is C27H32F2N4O. The number of halogens is 2. The molecule has 0 aliphatic carbocycles. The maximum Gasteiger partial charge on any atom is 0.193 e. The second-order valence-electron chi connectivity index (χ2n) is 10.6. The van der Waals surface area contributed by atoms with Crippen LogP contribution in [0.5, 0.6) is 0 Å². The molecule has 7 heteroatoms. The SMILES string of the molecule is Cc1c(C(=O)c2ccc(N3CC4CNCC4C3)c(F)c2C)ccc(N2CC3CNCC3C2)c1F. The van der Waals surface area contributed by atoms with Crippen molar-refractivity contribution >= 4 is 17.2 Å². The highest BCUT2D eigenvalue weighted by Gasteiger charge is 2.38. The lowest BCUT2D eigenvalue weighted by atomic mass is 9.94. The molecule has 180 valence electrons. The Hall–Kier alpha value is -2.51. The number of benzene rings is 2. The van der Waals surface area contributed by atoms with E-state index in [-0.39, 0.29) is 17.4 Å². The smallest absolute Gasteiger partial charge is 0.193 e. The molecule has 0 amide bonds. The van der Waals surface area contributed by atoms with Crippen LogP contribution in [0.2, 0.25) is 0 Å². The normalized spacial score (nSPS) is 28.0. The van der Waals surface area contributed by atoms with Crippen LogP contribution in [-0.4, -0.2) is 58.1 Å². The van der Waals surface area contributed by atoms with Crippen LogP contribution in [0.1, 0.15) is 27.0 Å². The summed E-state index contributed by atoms with van der Waals surface area (Å²) in [5.41, 5.74) is 2.41. The molecule has 4 saturated heterocycles. The summed E-state index contributed by atoms with van der Waals surface area (Å²) in [6, 6.07) is 6.87. The fraction of sp³-hybridized carbons (Fsp3) is 0.519. The minimum atomic E-state index is -0.342. The molecule has 4 aliphatic rings. The first-order valence-electron chi connectivity index (χ1n) is 12.5. The summed E-state index contributed by atoms with van der Waals surface area (Å²) in [6.07, 6.45) is 0. The first-order valence-corrected chi connectivity index (χ1v) is 12.5. The summed E-state index contributed by atoms with van der Waals surface area (Å²) in [4.78, 5) is 17.6. The average Bonchev–Trinajstić information content (AvgIpc) is 3.57. The largest absolute Gasteiger partial charge is 0.368 e. The Morgan fingerprint density at radius 3 is 1.41 bits per heavy atom. The van der Waals surface area contributed by atoms with Gasteiger partial charge in [-0.25, -0.2) is 8.78 Å². The van der Waals surface area contributed by atoms with Gasteiger partial charge in [-0.2, -0.15) is 0 Å². The number of nitrogens with one attached hydrogen (secondary N) is 2. The fourth-order valence-electron chi connectivity index (χ4n) is 6.57. The Kier molecular flexibility index (Phi) is 5.37. The topological polar surface area (TPSA) is 47.6 Å². The van der Waals surface area contributed by atoms with Crippen LogP contribution in [0.25, 0.3) is 0 Å². The van der Waals surface area contributed by atoms with Crippen molar-refractivity contribution < 1.29 is 13.6 Å². The highest BCUT2D eigenvalue weighted by atomic mass is 19.1. The molecule has 2 aromatic carbocycles. The number of fused-ring (bicyclic) bond motifs is 2. The molecule has 4 aliphatic heterocycles. The molecule has 6 rings (SSSR count). The molecule has 4 fully saturated rings. The van der Waals surface area contributed by atoms with Crippen molar-refractivity contribution in [2.24, 2.45) is 23.7 Å². The van der Waals surface area contributed by atoms with E-state index in [1.807, 2.05) is 0 Å². The number of rotatable bonds is 4. The summed E-state index contributed by atoms with van der Waals surface area (Å²) in [5, 5.41) is 6.81. The summed E-state index contributed by atoms with van der Waals surface area (Å²) >= 11 is 0. The molecule has 0 saturated carbocycles. The molecule has 2 N–H and O–H groups in total. The number of hydrogen-bond donors (Lipinski definition) is 2. The van der Waals surface area contributed by atoms with Crippen LogP contribution in [0.15, 0.2) is 24.3 Å². The summed E-state index contributed by atoms with van der Waals surface area (Å²) in [6.45, 7) is 10.6. The molecule has 4 atom stereocenters. The van der Waals surface area contributed by atoms with Gasteiger partial charge in [0, 0.05) is 63.5 Å². The van der Waals surface area contributed by atoms with E-state index < -0.39 is 0 Å². The van der Waals surface area contributed by atoms with Crippen LogP contribution in [0, 0.1) is 49.2 Å². The zero-order chi connectivity index (χ0) is 23.6. The number of nitrogens with zero attached hydrogens (tertiary/aromatic N) is 2. The van der Waals surface area contributed by atoms with Crippen molar-refractivity contribution in [1.29, 1.82) is 0 Å². The Morgan fingerprint density at radius 1 is 0.706 bits per heavy atom. The minimum Gasteiger partial charge on any atom is -0.368 e. The van der Waals surface area contributed by atoms with Crippen molar-refractivity contribution in [2.45, 2.75) is 13.8 Å². The number of carbonyl (C=O) groups is 1. The van der Waals surface area contributed by atoms with E-state index >= 15 is 8.78 Å². The van der Waals surface area contributed by atoms with Crippen LogP contribution in [0.3, 0.4) is 0 Å². The summed E-state index contributed by atoms with van der Waals surface area (Å²) < 4.78 is 30.9. The van der Waals surface area contributed by atoms with Crippen molar-refractivity contribution in [3.8, 4) is 0 Å². The molecule has 34 heavy (non-hydrogen) atoms. The molecule has 0 bridgehead atoms. The molecule has 0 spiro atoms. The lowest BCUT2D eigenvalue weighted by Crippen LogP contribution is -2.27. The lowest BCUT2D eigenvalue weighted by molar-refractivity contribution is 0.103. The van der Waals surface area contributed by atoms with E-state index in [0.717, 1.165) is 52.4 Å². The van der Waals surface area contributed by atoms with Gasteiger partial charge in [-0.05, 0) is 72.9 Å². The van der Waals surface area contributed by atoms with Crippen molar-refractivity contribution in [3.63, 3.8) is 0 Å². The number of carbonyl (C=O) groups excluding carboxylic acids is 1. The van der Waals surface area contributed by atoms with Gasteiger partial charge in [-0.15, -0.1) is 0 Å². The monoisotopic (exact) mass is 466 g/mol. The molecule has 4 heterocycles. The van der Waals surface area contributed by atoms with E-state index in [0.29, 0.717) is 57.3 Å². The van der Waals surface area contributed by atoms with E-state index in [1.54, 1.807) is 38.1 Å². The maximum atomic E-state index is 15.4. The lowest BCUT2D eigenvalue weighted by Gasteiger charge is -2.23. The second-order valence-corrected chi connectivity index (χ2v) is 10.6. The molecule has 5 nitrogen and oxygen atoms in total. The van der Waals surface area contributed by atoms with Gasteiger partial charge in [0.05, 0.1) is 11.4 Å². The van der Waals surface area contributed by atoms with Crippen LogP contribution < -0.4 is 20.4 Å². The van der Waals surface area contributed by atoms with Gasteiger partial charge >= 0.3 is 0 Å². The molecule has 4 unspecified atom stereocenters. The third kappa shape index (κ3) is 3.43. The van der Waals surface area contributed by atoms with Crippen molar-refractivity contribution in [1.82, 2.24) is 10.6 Å². The number of ketones is 1. The third-order valence-corrected chi connectivity index (χ3v) is 8.68. The van der Waals surface area contributed by atoms with E-state index in [1.165, 1.54) is 0 Å². The Balaban J connectivity index is 1.26. The summed E-state index contributed by atoms with van der Waals surface area (Å²) in [5.74, 6) is 1.20. The minimum absolute atomic E-state index is 0.305. The standard InChI is InChI=1S/C27H32F2N4O/c1-15-21(3-5-23(25(15)28)32-11-17-7-30-8-18(17)12-32)27(34)22-4-6-24(26(29)16(22)2)33-13-19-9-31-10-20(19)14-33/h3-6,17-20,30-31H,7-14H2,1-2H3. The quantitative estimate of drug-likeness (QED) is 0.679. The Labute approximate surface area is 199 Å². The van der Waals surface area contributed by atoms with Gasteiger partial charge < -0.3 is 20.4 Å². The van der Waals surface area contributed by atoms with Gasteiger partial charge in [0.2, 0.25) is 0 Å². The highest BCUT2D eigenvalue weighted by Crippen LogP contribution is 2.36. The molecule has 0 radical (unpaired) electrons. The van der Waals surface area contributed by atoms with Crippen molar-refractivity contribution in [2.75, 3.05) is 62.2 Å². The van der Waals surface area contributed by atoms with Gasteiger partial charge in [-0.1, -0.05) is 0 Å². The van der Waals surface area contributed by atoms with Gasteiger partial charge in [0.1, 0.15) is 11.6 Å². The third-order valence-electron chi connectivity index (χ3n) is 8.68. The molecule has 0 aromatic heterocycles. The second kappa shape index (κ2) is 8.31. The summed E-state index contributed by atoms with van der Waals surface area (Å²) in [7, 11) is 0. The number of hydrogen-bond acceptors (Lipinski definition) is 5. The fourth-order valence-corrected chi connectivity index (χ4v) is 6.57. The van der Waals surface area contributed by atoms with E-state index in [9.17, 15) is 4.79 Å². The first kappa shape index (κ1) is 22.0. The average molecular weight is 467 g/mol. The Bertz CT molecular complexity index is 1040. The maximum absolute atomic E-state index is 15.4. The van der Waals surface area contributed by atoms with E-state index in [2.05, 4.69) is 20.4 Å². The Morgan fingerprint density at radius 2 is 1.06 bits per heavy atom. The number of anilines is 2. The van der Waals surface area contributed by atoms with Gasteiger partial charge in [0.15, 0.2) is 5.78 Å². The van der Waals surface area contributed by atoms with E-state index in [4.69, 9.17) is 0 Å². The van der Waals surface area contributed by atoms with Gasteiger partial charge in [-0.3, -0.25) is 4.79 Å². The van der Waals surface area contributed by atoms with Crippen LogP contribution in [0.4, 0.5) is 20.2 Å². The first-order chi connectivity index (χ1) is 16.4. The zero-order valence-corrected chi connectivity index (χ0v) is 19.8. The highest BCUT2D eigenvalue weighted by molar-refractivity contribution is 6.11. The zero-order valence-electron chi connectivity index (χ0n) is 19.8. The molecule has 2 aromatic rings. The molecular weight excluding hydrogens is 434 g/mol. The van der Waals surface area contributed by atoms with Crippen molar-refractivity contribution in [3.05, 3.63) is 58.2 Å². The van der Waals surface area contributed by atoms with Crippen LogP contribution >= 0.6 is 0 Å².